The number of benzene rings is 3. The Hall–Kier alpha value is -2.86. The lowest BCUT2D eigenvalue weighted by Crippen LogP contribution is -2.20. The van der Waals surface area contributed by atoms with E-state index in [4.69, 9.17) is 32.9 Å². The monoisotopic (exact) mass is 468 g/mol. The number of amides is 1. The van der Waals surface area contributed by atoms with E-state index in [1.165, 1.54) is 11.3 Å². The number of hydrogen-bond acceptors (Lipinski definition) is 4. The minimum atomic E-state index is -0.250. The van der Waals surface area contributed by atoms with E-state index in [9.17, 15) is 4.79 Å². The molecule has 4 rings (SSSR count). The summed E-state index contributed by atoms with van der Waals surface area (Å²) < 4.78 is 5.56. The summed E-state index contributed by atoms with van der Waals surface area (Å²) in [5.41, 5.74) is 4.20. The fourth-order valence-corrected chi connectivity index (χ4v) is 4.24. The van der Waals surface area contributed by atoms with Gasteiger partial charge in [-0.15, -0.1) is 11.3 Å². The van der Waals surface area contributed by atoms with Gasteiger partial charge in [0.25, 0.3) is 5.91 Å². The molecule has 0 aliphatic rings. The number of nitrogens with zero attached hydrogens (tertiary/aromatic N) is 1. The van der Waals surface area contributed by atoms with Gasteiger partial charge in [0.05, 0.1) is 10.7 Å². The maximum absolute atomic E-state index is 12.3. The Morgan fingerprint density at radius 1 is 1.03 bits per heavy atom. The van der Waals surface area contributed by atoms with Crippen LogP contribution in [0.3, 0.4) is 0 Å². The highest BCUT2D eigenvalue weighted by Gasteiger charge is 2.11. The van der Waals surface area contributed by atoms with Gasteiger partial charge in [-0.1, -0.05) is 53.5 Å². The second-order valence-electron chi connectivity index (χ2n) is 6.85. The highest BCUT2D eigenvalue weighted by Crippen LogP contribution is 2.33. The Balaban J connectivity index is 1.43. The molecule has 0 aliphatic carbocycles. The number of aromatic nitrogens is 1. The van der Waals surface area contributed by atoms with E-state index in [1.807, 2.05) is 60.8 Å². The van der Waals surface area contributed by atoms with Crippen LogP contribution in [-0.2, 0) is 4.79 Å². The Kier molecular flexibility index (Phi) is 6.56. The molecule has 1 aromatic heterocycles. The molecule has 0 fully saturated rings. The molecule has 4 aromatic rings. The zero-order valence-corrected chi connectivity index (χ0v) is 18.9. The van der Waals surface area contributed by atoms with Crippen molar-refractivity contribution in [1.82, 2.24) is 4.98 Å². The van der Waals surface area contributed by atoms with E-state index in [-0.39, 0.29) is 12.5 Å². The third-order valence-corrected chi connectivity index (χ3v) is 6.18. The largest absolute Gasteiger partial charge is 0.484 e. The topological polar surface area (TPSA) is 51.2 Å². The number of aryl methyl sites for hydroxylation is 1. The molecule has 0 atom stereocenters. The van der Waals surface area contributed by atoms with Crippen LogP contribution < -0.4 is 10.1 Å². The van der Waals surface area contributed by atoms with Gasteiger partial charge in [0.15, 0.2) is 6.61 Å². The third-order valence-electron chi connectivity index (χ3n) is 4.55. The van der Waals surface area contributed by atoms with Crippen molar-refractivity contribution in [2.75, 3.05) is 11.9 Å². The molecular weight excluding hydrogens is 451 g/mol. The van der Waals surface area contributed by atoms with Gasteiger partial charge < -0.3 is 10.1 Å². The van der Waals surface area contributed by atoms with Crippen molar-refractivity contribution in [2.45, 2.75) is 6.92 Å². The van der Waals surface area contributed by atoms with Crippen molar-refractivity contribution in [3.8, 4) is 27.6 Å². The summed E-state index contributed by atoms with van der Waals surface area (Å²) in [6.07, 6.45) is 0. The molecule has 31 heavy (non-hydrogen) atoms. The minimum Gasteiger partial charge on any atom is -0.484 e. The molecule has 0 spiro atoms. The number of thiazole rings is 1. The van der Waals surface area contributed by atoms with Crippen LogP contribution in [0.15, 0.2) is 72.1 Å². The Morgan fingerprint density at radius 3 is 2.68 bits per heavy atom. The third kappa shape index (κ3) is 5.25. The predicted octanol–water partition coefficient (Wildman–Crippen LogP) is 7.11. The van der Waals surface area contributed by atoms with Crippen LogP contribution in [0.5, 0.6) is 5.75 Å². The van der Waals surface area contributed by atoms with Crippen molar-refractivity contribution in [2.24, 2.45) is 0 Å². The van der Waals surface area contributed by atoms with E-state index in [2.05, 4.69) is 5.32 Å². The molecule has 1 heterocycles. The number of rotatable bonds is 6. The summed E-state index contributed by atoms with van der Waals surface area (Å²) >= 11 is 13.8. The zero-order valence-electron chi connectivity index (χ0n) is 16.6. The van der Waals surface area contributed by atoms with Crippen molar-refractivity contribution in [3.63, 3.8) is 0 Å². The first-order chi connectivity index (χ1) is 15.0. The van der Waals surface area contributed by atoms with Crippen LogP contribution in [0.4, 0.5) is 5.69 Å². The molecule has 0 radical (unpaired) electrons. The van der Waals surface area contributed by atoms with Crippen LogP contribution in [0.1, 0.15) is 5.56 Å². The number of carbonyl (C=O) groups excluding carboxylic acids is 1. The lowest BCUT2D eigenvalue weighted by molar-refractivity contribution is -0.118. The number of halogens is 2. The predicted molar refractivity (Wildman–Crippen MR) is 128 cm³/mol. The number of anilines is 1. The second-order valence-corrected chi connectivity index (χ2v) is 8.52. The van der Waals surface area contributed by atoms with Crippen molar-refractivity contribution in [1.29, 1.82) is 0 Å². The van der Waals surface area contributed by atoms with Gasteiger partial charge in [0.1, 0.15) is 10.8 Å². The van der Waals surface area contributed by atoms with E-state index in [1.54, 1.807) is 18.2 Å². The molecule has 3 aromatic carbocycles. The molecule has 0 unspecified atom stereocenters. The van der Waals surface area contributed by atoms with Gasteiger partial charge in [-0.25, -0.2) is 4.98 Å². The van der Waals surface area contributed by atoms with Gasteiger partial charge in [0, 0.05) is 27.2 Å². The van der Waals surface area contributed by atoms with Gasteiger partial charge in [0.2, 0.25) is 0 Å². The quantitative estimate of drug-likeness (QED) is 0.327. The standard InChI is InChI=1S/C24H18Cl2N2O2S/c1-15-11-18(9-10-20(15)25)30-13-23(29)27-17-6-4-5-16(12-17)22-14-31-24(28-22)19-7-2-3-8-21(19)26/h2-12,14H,13H2,1H3,(H,27,29). The van der Waals surface area contributed by atoms with Crippen molar-refractivity contribution < 1.29 is 9.53 Å². The van der Waals surface area contributed by atoms with Crippen LogP contribution in [0.25, 0.3) is 21.8 Å². The Bertz CT molecular complexity index is 1240. The summed E-state index contributed by atoms with van der Waals surface area (Å²) in [7, 11) is 0. The first kappa shape index (κ1) is 21.4. The molecule has 0 saturated carbocycles. The Morgan fingerprint density at radius 2 is 1.87 bits per heavy atom. The fourth-order valence-electron chi connectivity index (χ4n) is 2.97. The number of hydrogen-bond donors (Lipinski definition) is 1. The summed E-state index contributed by atoms with van der Waals surface area (Å²) in [6.45, 7) is 1.79. The summed E-state index contributed by atoms with van der Waals surface area (Å²) in [5, 5.41) is 7.01. The number of nitrogens with one attached hydrogen (secondary N) is 1. The van der Waals surface area contributed by atoms with Crippen LogP contribution in [0.2, 0.25) is 10.0 Å². The normalized spacial score (nSPS) is 10.7. The average molecular weight is 469 g/mol. The van der Waals surface area contributed by atoms with Gasteiger partial charge in [-0.05, 0) is 48.9 Å². The minimum absolute atomic E-state index is 0.0986. The molecule has 0 saturated heterocycles. The Labute approximate surface area is 194 Å². The number of ether oxygens (including phenoxy) is 1. The highest BCUT2D eigenvalue weighted by molar-refractivity contribution is 7.13. The maximum atomic E-state index is 12.3. The van der Waals surface area contributed by atoms with E-state index >= 15 is 0 Å². The van der Waals surface area contributed by atoms with Crippen LogP contribution in [0, 0.1) is 6.92 Å². The smallest absolute Gasteiger partial charge is 0.262 e. The fraction of sp³-hybridized carbons (Fsp3) is 0.0833. The average Bonchev–Trinajstić information content (AvgIpc) is 3.25. The van der Waals surface area contributed by atoms with Gasteiger partial charge in [-0.2, -0.15) is 0 Å². The van der Waals surface area contributed by atoms with E-state index in [0.29, 0.717) is 21.5 Å². The number of carbonyl (C=O) groups is 1. The van der Waals surface area contributed by atoms with Crippen LogP contribution >= 0.6 is 34.5 Å². The first-order valence-corrected chi connectivity index (χ1v) is 11.1. The van der Waals surface area contributed by atoms with Crippen molar-refractivity contribution >= 4 is 46.1 Å². The van der Waals surface area contributed by atoms with Gasteiger partial charge in [-0.3, -0.25) is 4.79 Å². The molecular formula is C24H18Cl2N2O2S. The second kappa shape index (κ2) is 9.52. The molecule has 7 heteroatoms. The molecule has 1 amide bonds. The maximum Gasteiger partial charge on any atom is 0.262 e. The molecule has 0 bridgehead atoms. The molecule has 0 aliphatic heterocycles. The van der Waals surface area contributed by atoms with Crippen LogP contribution in [-0.4, -0.2) is 17.5 Å². The molecule has 1 N–H and O–H groups in total. The van der Waals surface area contributed by atoms with E-state index in [0.717, 1.165) is 27.4 Å². The molecule has 4 nitrogen and oxygen atoms in total. The lowest BCUT2D eigenvalue weighted by atomic mass is 10.1. The van der Waals surface area contributed by atoms with Crippen molar-refractivity contribution in [3.05, 3.63) is 87.7 Å². The summed E-state index contributed by atoms with van der Waals surface area (Å²) in [5.74, 6) is 0.347. The summed E-state index contributed by atoms with van der Waals surface area (Å²) in [6, 6.07) is 20.5. The summed E-state index contributed by atoms with van der Waals surface area (Å²) in [4.78, 5) is 17.0. The lowest BCUT2D eigenvalue weighted by Gasteiger charge is -2.09. The van der Waals surface area contributed by atoms with E-state index < -0.39 is 0 Å². The molecule has 156 valence electrons. The highest BCUT2D eigenvalue weighted by atomic mass is 35.5. The SMILES string of the molecule is Cc1cc(OCC(=O)Nc2cccc(-c3csc(-c4ccccc4Cl)n3)c2)ccc1Cl. The first-order valence-electron chi connectivity index (χ1n) is 9.49. The van der Waals surface area contributed by atoms with Gasteiger partial charge >= 0.3 is 0 Å². The zero-order chi connectivity index (χ0) is 21.8.